The summed E-state index contributed by atoms with van der Waals surface area (Å²) in [5.74, 6) is 1.78. The number of ether oxygens (including phenoxy) is 3. The summed E-state index contributed by atoms with van der Waals surface area (Å²) in [6, 6.07) is 20.4. The topological polar surface area (TPSA) is 107 Å². The molecule has 1 aliphatic heterocycles. The molecule has 45 heavy (non-hydrogen) atoms. The molecule has 0 radical (unpaired) electrons. The predicted molar refractivity (Wildman–Crippen MR) is 170 cm³/mol. The second-order valence-corrected chi connectivity index (χ2v) is 12.0. The summed E-state index contributed by atoms with van der Waals surface area (Å²) in [5.41, 5.74) is 2.63. The lowest BCUT2D eigenvalue weighted by atomic mass is 9.88. The molecule has 2 heterocycles. The first kappa shape index (κ1) is 30.3. The van der Waals surface area contributed by atoms with Crippen molar-refractivity contribution in [1.82, 2.24) is 15.2 Å². The van der Waals surface area contributed by atoms with Gasteiger partial charge in [-0.05, 0) is 62.1 Å². The Hall–Kier alpha value is -4.76. The number of pyridine rings is 1. The van der Waals surface area contributed by atoms with Gasteiger partial charge in [0.15, 0.2) is 23.1 Å². The van der Waals surface area contributed by atoms with Crippen molar-refractivity contribution in [3.63, 3.8) is 0 Å². The van der Waals surface area contributed by atoms with E-state index in [1.807, 2.05) is 62.4 Å². The lowest BCUT2D eigenvalue weighted by Crippen LogP contribution is -2.53. The number of ketones is 2. The molecule has 9 heteroatoms. The number of fused-ring (bicyclic) bond motifs is 1. The van der Waals surface area contributed by atoms with Gasteiger partial charge in [-0.25, -0.2) is 4.79 Å². The third-order valence-electron chi connectivity index (χ3n) is 8.74. The summed E-state index contributed by atoms with van der Waals surface area (Å²) in [6.07, 6.45) is 2.91. The van der Waals surface area contributed by atoms with Gasteiger partial charge < -0.3 is 24.4 Å². The number of hydrogen-bond acceptors (Lipinski definition) is 8. The number of hydrogen-bond donors (Lipinski definition) is 1. The summed E-state index contributed by atoms with van der Waals surface area (Å²) in [5, 5.41) is 3.95. The van der Waals surface area contributed by atoms with Gasteiger partial charge in [0, 0.05) is 56.2 Å². The third-order valence-corrected chi connectivity index (χ3v) is 8.74. The second kappa shape index (κ2) is 12.7. The van der Waals surface area contributed by atoms with Gasteiger partial charge in [-0.3, -0.25) is 14.6 Å². The van der Waals surface area contributed by atoms with E-state index in [4.69, 9.17) is 14.2 Å². The maximum Gasteiger partial charge on any atom is 0.415 e. The summed E-state index contributed by atoms with van der Waals surface area (Å²) in [6.45, 7) is 5.96. The number of methoxy groups -OCH3 is 1. The number of carbonyl (C=O) groups is 3. The standard InChI is InChI=1S/C36H37N3O6/c1-23-4-6-25(7-5-23)18-33(40)36(13-14-36)34(41)19-26-8-10-27(11-9-26)44-30-12-15-38-29-21-32(31(43-3)20-28(29)30)45-35(42)39-17-16-37-22-24(39)2/h4-12,15,20-21,24,37H,13-14,16-19,22H2,1-3H3/t24-/m1/s1. The Morgan fingerprint density at radius 3 is 2.20 bits per heavy atom. The average molecular weight is 608 g/mol. The van der Waals surface area contributed by atoms with Crippen LogP contribution in [0.3, 0.4) is 0 Å². The Kier molecular flexibility index (Phi) is 8.54. The molecule has 0 spiro atoms. The SMILES string of the molecule is COc1cc2c(Oc3ccc(CC(=O)C4(C(=O)Cc5ccc(C)cc5)CC4)cc3)ccnc2cc1OC(=O)N1CCNC[C@H]1C. The van der Waals surface area contributed by atoms with E-state index in [0.717, 1.165) is 16.7 Å². The third kappa shape index (κ3) is 6.54. The van der Waals surface area contributed by atoms with E-state index in [1.165, 1.54) is 7.11 Å². The molecule has 2 aliphatic rings. The molecule has 1 aromatic heterocycles. The van der Waals surface area contributed by atoms with Crippen LogP contribution in [0.2, 0.25) is 0 Å². The van der Waals surface area contributed by atoms with E-state index in [2.05, 4.69) is 10.3 Å². The van der Waals surface area contributed by atoms with Crippen LogP contribution in [0, 0.1) is 12.3 Å². The van der Waals surface area contributed by atoms with E-state index in [0.29, 0.717) is 60.6 Å². The minimum absolute atomic E-state index is 0.00702. The number of rotatable bonds is 10. The van der Waals surface area contributed by atoms with Gasteiger partial charge in [0.25, 0.3) is 0 Å². The molecule has 232 valence electrons. The Morgan fingerprint density at radius 1 is 0.911 bits per heavy atom. The molecule has 3 aromatic carbocycles. The minimum atomic E-state index is -0.856. The predicted octanol–water partition coefficient (Wildman–Crippen LogP) is 5.84. The first-order valence-corrected chi connectivity index (χ1v) is 15.3. The summed E-state index contributed by atoms with van der Waals surface area (Å²) >= 11 is 0. The fraction of sp³-hybridized carbons (Fsp3) is 0.333. The maximum atomic E-state index is 13.3. The zero-order chi connectivity index (χ0) is 31.6. The van der Waals surface area contributed by atoms with Crippen molar-refractivity contribution in [2.75, 3.05) is 26.7 Å². The molecule has 6 rings (SSSR count). The van der Waals surface area contributed by atoms with E-state index in [-0.39, 0.29) is 36.2 Å². The van der Waals surface area contributed by atoms with Gasteiger partial charge >= 0.3 is 6.09 Å². The smallest absolute Gasteiger partial charge is 0.415 e. The van der Waals surface area contributed by atoms with E-state index in [9.17, 15) is 14.4 Å². The highest BCUT2D eigenvalue weighted by Gasteiger charge is 2.54. The van der Waals surface area contributed by atoms with Gasteiger partial charge in [0.2, 0.25) is 0 Å². The molecule has 1 aliphatic carbocycles. The largest absolute Gasteiger partial charge is 0.493 e. The first-order chi connectivity index (χ1) is 21.8. The fourth-order valence-electron chi connectivity index (χ4n) is 5.78. The number of amides is 1. The van der Waals surface area contributed by atoms with Gasteiger partial charge in [-0.15, -0.1) is 0 Å². The molecule has 9 nitrogen and oxygen atoms in total. The highest BCUT2D eigenvalue weighted by molar-refractivity contribution is 6.11. The molecule has 4 aromatic rings. The Balaban J connectivity index is 1.13. The summed E-state index contributed by atoms with van der Waals surface area (Å²) in [4.78, 5) is 45.4. The number of aromatic nitrogens is 1. The molecule has 1 saturated carbocycles. The van der Waals surface area contributed by atoms with Crippen molar-refractivity contribution in [1.29, 1.82) is 0 Å². The molecule has 2 fully saturated rings. The first-order valence-electron chi connectivity index (χ1n) is 15.3. The summed E-state index contributed by atoms with van der Waals surface area (Å²) < 4.78 is 17.5. The van der Waals surface area contributed by atoms with Gasteiger partial charge in [-0.2, -0.15) is 0 Å². The number of Topliss-reactive ketones (excluding diaryl/α,β-unsaturated/α-hetero) is 2. The van der Waals surface area contributed by atoms with Crippen LogP contribution in [-0.4, -0.2) is 60.3 Å². The molecule has 0 unspecified atom stereocenters. The van der Waals surface area contributed by atoms with Crippen LogP contribution in [-0.2, 0) is 22.4 Å². The van der Waals surface area contributed by atoms with Crippen LogP contribution in [0.1, 0.15) is 36.5 Å². The molecule has 0 bridgehead atoms. The maximum absolute atomic E-state index is 13.3. The number of carbonyl (C=O) groups excluding carboxylic acids is 3. The van der Waals surface area contributed by atoms with Crippen LogP contribution >= 0.6 is 0 Å². The average Bonchev–Trinajstić information content (AvgIpc) is 3.86. The van der Waals surface area contributed by atoms with Crippen molar-refractivity contribution < 1.29 is 28.6 Å². The van der Waals surface area contributed by atoms with Crippen molar-refractivity contribution in [3.05, 3.63) is 89.6 Å². The quantitative estimate of drug-likeness (QED) is 0.224. The van der Waals surface area contributed by atoms with Gasteiger partial charge in [0.05, 0.1) is 18.0 Å². The van der Waals surface area contributed by atoms with E-state index >= 15 is 0 Å². The van der Waals surface area contributed by atoms with Crippen LogP contribution in [0.25, 0.3) is 10.9 Å². The van der Waals surface area contributed by atoms with Crippen molar-refractivity contribution in [3.8, 4) is 23.0 Å². The lowest BCUT2D eigenvalue weighted by Gasteiger charge is -2.33. The molecule has 1 atom stereocenters. The normalized spacial score (nSPS) is 17.0. The van der Waals surface area contributed by atoms with Crippen LogP contribution in [0.15, 0.2) is 72.9 Å². The van der Waals surface area contributed by atoms with Crippen molar-refractivity contribution in [2.24, 2.45) is 5.41 Å². The molecular weight excluding hydrogens is 570 g/mol. The number of aryl methyl sites for hydroxylation is 1. The number of piperazine rings is 1. The number of nitrogens with zero attached hydrogens (tertiary/aromatic N) is 2. The monoisotopic (exact) mass is 607 g/mol. The number of benzene rings is 3. The Labute approximate surface area is 262 Å². The Bertz CT molecular complexity index is 1730. The number of nitrogens with one attached hydrogen (secondary N) is 1. The highest BCUT2D eigenvalue weighted by Crippen LogP contribution is 2.49. The zero-order valence-electron chi connectivity index (χ0n) is 25.8. The van der Waals surface area contributed by atoms with Crippen LogP contribution < -0.4 is 19.5 Å². The summed E-state index contributed by atoms with van der Waals surface area (Å²) in [7, 11) is 1.52. The van der Waals surface area contributed by atoms with Crippen molar-refractivity contribution >= 4 is 28.6 Å². The second-order valence-electron chi connectivity index (χ2n) is 12.0. The van der Waals surface area contributed by atoms with E-state index < -0.39 is 11.5 Å². The highest BCUT2D eigenvalue weighted by atomic mass is 16.6. The molecule has 1 amide bonds. The van der Waals surface area contributed by atoms with Gasteiger partial charge in [-0.1, -0.05) is 42.0 Å². The lowest BCUT2D eigenvalue weighted by molar-refractivity contribution is -0.133. The zero-order valence-corrected chi connectivity index (χ0v) is 25.8. The molecule has 1 saturated heterocycles. The Morgan fingerprint density at radius 2 is 1.58 bits per heavy atom. The van der Waals surface area contributed by atoms with Crippen molar-refractivity contribution in [2.45, 2.75) is 45.6 Å². The fourth-order valence-corrected chi connectivity index (χ4v) is 5.78. The minimum Gasteiger partial charge on any atom is -0.493 e. The van der Waals surface area contributed by atoms with Crippen LogP contribution in [0.4, 0.5) is 4.79 Å². The molecule has 1 N–H and O–H groups in total. The molecular formula is C36H37N3O6. The van der Waals surface area contributed by atoms with Crippen LogP contribution in [0.5, 0.6) is 23.0 Å². The van der Waals surface area contributed by atoms with E-state index in [1.54, 1.807) is 29.3 Å². The van der Waals surface area contributed by atoms with Gasteiger partial charge in [0.1, 0.15) is 11.5 Å².